The highest BCUT2D eigenvalue weighted by molar-refractivity contribution is 8.03. The summed E-state index contributed by atoms with van der Waals surface area (Å²) in [6, 6.07) is 0. The number of carbonyl (C=O) groups excluding carboxylic acids is 1. The van der Waals surface area contributed by atoms with Gasteiger partial charge in [0.15, 0.2) is 0 Å². The molecule has 1 heterocycles. The van der Waals surface area contributed by atoms with Crippen LogP contribution in [0.1, 0.15) is 32.6 Å². The van der Waals surface area contributed by atoms with E-state index < -0.39 is 5.41 Å². The van der Waals surface area contributed by atoms with Crippen molar-refractivity contribution in [1.29, 1.82) is 0 Å². The lowest BCUT2D eigenvalue weighted by molar-refractivity contribution is -0.149. The molecule has 0 radical (unpaired) electrons. The maximum Gasteiger partial charge on any atom is 0.305 e. The molecule has 3 N–H and O–H groups in total. The van der Waals surface area contributed by atoms with Crippen molar-refractivity contribution >= 4 is 17.7 Å². The van der Waals surface area contributed by atoms with Crippen LogP contribution < -0.4 is 0 Å². The van der Waals surface area contributed by atoms with Gasteiger partial charge in [-0.25, -0.2) is 0 Å². The second-order valence-electron chi connectivity index (χ2n) is 5.44. The number of rotatable bonds is 8. The molecule has 1 saturated heterocycles. The van der Waals surface area contributed by atoms with Crippen molar-refractivity contribution < 1.29 is 24.9 Å². The Balaban J connectivity index is 2.17. The molecule has 0 saturated carbocycles. The highest BCUT2D eigenvalue weighted by Crippen LogP contribution is 2.31. The minimum Gasteiger partial charge on any atom is -0.465 e. The number of aliphatic hydroxyl groups is 3. The van der Waals surface area contributed by atoms with Gasteiger partial charge in [0.1, 0.15) is 6.61 Å². The molecule has 1 rings (SSSR count). The molecule has 0 aromatic rings. The standard InChI is InChI=1S/C14H24O5S/c1-14(8-15,9-16)10-19-13(18)5-3-2-4-12-11(17)6-7-20-12/h4,11,15-17H,2-3,5-10H2,1H3/b12-4+/t11-/m0/s1. The quantitative estimate of drug-likeness (QED) is 0.459. The summed E-state index contributed by atoms with van der Waals surface area (Å²) >= 11 is 1.67. The molecule has 0 bridgehead atoms. The van der Waals surface area contributed by atoms with Gasteiger partial charge in [-0.05, 0) is 19.3 Å². The van der Waals surface area contributed by atoms with E-state index in [0.29, 0.717) is 12.8 Å². The van der Waals surface area contributed by atoms with Gasteiger partial charge in [-0.15, -0.1) is 11.8 Å². The van der Waals surface area contributed by atoms with E-state index in [1.807, 2.05) is 6.08 Å². The Morgan fingerprint density at radius 3 is 2.75 bits per heavy atom. The predicted octanol–water partition coefficient (Wildman–Crippen LogP) is 1.07. The van der Waals surface area contributed by atoms with Crippen LogP contribution in [0.25, 0.3) is 0 Å². The highest BCUT2D eigenvalue weighted by Gasteiger charge is 2.24. The summed E-state index contributed by atoms with van der Waals surface area (Å²) in [6.07, 6.45) is 4.18. The Bertz CT molecular complexity index is 338. The summed E-state index contributed by atoms with van der Waals surface area (Å²) < 4.78 is 5.05. The lowest BCUT2D eigenvalue weighted by Crippen LogP contribution is -2.32. The Hall–Kier alpha value is -0.560. The SMILES string of the molecule is CC(CO)(CO)COC(=O)CCC/C=C1/SCC[C@@H]1O. The van der Waals surface area contributed by atoms with Crippen molar-refractivity contribution in [2.24, 2.45) is 5.41 Å². The Kier molecular flexibility index (Phi) is 7.58. The van der Waals surface area contributed by atoms with E-state index in [4.69, 9.17) is 14.9 Å². The number of hydrogen-bond donors (Lipinski definition) is 3. The van der Waals surface area contributed by atoms with Gasteiger partial charge in [-0.3, -0.25) is 4.79 Å². The van der Waals surface area contributed by atoms with Gasteiger partial charge in [0.2, 0.25) is 0 Å². The van der Waals surface area contributed by atoms with Crippen LogP contribution in [0.4, 0.5) is 0 Å². The van der Waals surface area contributed by atoms with E-state index in [1.54, 1.807) is 18.7 Å². The second kappa shape index (κ2) is 8.67. The topological polar surface area (TPSA) is 87.0 Å². The normalized spacial score (nSPS) is 21.4. The van der Waals surface area contributed by atoms with E-state index in [-0.39, 0.29) is 31.9 Å². The molecule has 0 amide bonds. The van der Waals surface area contributed by atoms with E-state index in [2.05, 4.69) is 0 Å². The number of hydrogen-bond acceptors (Lipinski definition) is 6. The largest absolute Gasteiger partial charge is 0.465 e. The molecule has 5 nitrogen and oxygen atoms in total. The number of unbranched alkanes of at least 4 members (excludes halogenated alkanes) is 1. The molecule has 116 valence electrons. The third-order valence-corrected chi connectivity index (χ3v) is 4.48. The third kappa shape index (κ3) is 5.83. The fraction of sp³-hybridized carbons (Fsp3) is 0.786. The maximum absolute atomic E-state index is 11.5. The fourth-order valence-electron chi connectivity index (χ4n) is 1.68. The van der Waals surface area contributed by atoms with E-state index in [1.165, 1.54) is 0 Å². The Labute approximate surface area is 124 Å². The van der Waals surface area contributed by atoms with Gasteiger partial charge >= 0.3 is 5.97 Å². The average Bonchev–Trinajstić information content (AvgIpc) is 2.86. The van der Waals surface area contributed by atoms with Crippen LogP contribution >= 0.6 is 11.8 Å². The summed E-state index contributed by atoms with van der Waals surface area (Å²) in [7, 11) is 0. The van der Waals surface area contributed by atoms with Crippen LogP contribution in [0.15, 0.2) is 11.0 Å². The number of aliphatic hydroxyl groups excluding tert-OH is 3. The first-order valence-corrected chi connectivity index (χ1v) is 7.87. The average molecular weight is 304 g/mol. The summed E-state index contributed by atoms with van der Waals surface area (Å²) in [6.45, 7) is 1.23. The van der Waals surface area contributed by atoms with Gasteiger partial charge in [0.25, 0.3) is 0 Å². The molecule has 1 aliphatic rings. The molecule has 20 heavy (non-hydrogen) atoms. The van der Waals surface area contributed by atoms with Crippen molar-refractivity contribution in [3.05, 3.63) is 11.0 Å². The lowest BCUT2D eigenvalue weighted by Gasteiger charge is -2.23. The van der Waals surface area contributed by atoms with Crippen LogP contribution in [-0.4, -0.2) is 53.0 Å². The third-order valence-electron chi connectivity index (χ3n) is 3.26. The first-order chi connectivity index (χ1) is 9.50. The van der Waals surface area contributed by atoms with E-state index in [9.17, 15) is 9.90 Å². The monoisotopic (exact) mass is 304 g/mol. The Morgan fingerprint density at radius 1 is 1.50 bits per heavy atom. The first kappa shape index (κ1) is 17.5. The molecule has 1 atom stereocenters. The summed E-state index contributed by atoms with van der Waals surface area (Å²) in [5.41, 5.74) is -0.776. The molecule has 0 aromatic heterocycles. The summed E-state index contributed by atoms with van der Waals surface area (Å²) in [5.74, 6) is 0.631. The lowest BCUT2D eigenvalue weighted by atomic mass is 9.94. The minimum absolute atomic E-state index is 0.0223. The number of thioether (sulfide) groups is 1. The number of esters is 1. The second-order valence-corrected chi connectivity index (χ2v) is 6.61. The number of ether oxygens (including phenoxy) is 1. The van der Waals surface area contributed by atoms with Crippen molar-refractivity contribution in [2.75, 3.05) is 25.6 Å². The molecule has 1 aliphatic heterocycles. The molecule has 0 aliphatic carbocycles. The van der Waals surface area contributed by atoms with Crippen molar-refractivity contribution in [1.82, 2.24) is 0 Å². The van der Waals surface area contributed by atoms with Gasteiger partial charge in [-0.1, -0.05) is 13.0 Å². The van der Waals surface area contributed by atoms with Crippen LogP contribution in [0.3, 0.4) is 0 Å². The Morgan fingerprint density at radius 2 is 2.20 bits per heavy atom. The van der Waals surface area contributed by atoms with Gasteiger partial charge < -0.3 is 20.1 Å². The predicted molar refractivity (Wildman–Crippen MR) is 78.3 cm³/mol. The zero-order chi connectivity index (χ0) is 15.0. The van der Waals surface area contributed by atoms with Crippen LogP contribution in [0.5, 0.6) is 0 Å². The summed E-state index contributed by atoms with van der Waals surface area (Å²) in [5, 5.41) is 27.7. The van der Waals surface area contributed by atoms with Crippen molar-refractivity contribution in [3.63, 3.8) is 0 Å². The van der Waals surface area contributed by atoms with Crippen LogP contribution in [0.2, 0.25) is 0 Å². The van der Waals surface area contributed by atoms with Gasteiger partial charge in [-0.2, -0.15) is 0 Å². The van der Waals surface area contributed by atoms with Crippen molar-refractivity contribution in [2.45, 2.75) is 38.7 Å². The van der Waals surface area contributed by atoms with E-state index >= 15 is 0 Å². The van der Waals surface area contributed by atoms with Gasteiger partial charge in [0, 0.05) is 22.5 Å². The number of carbonyl (C=O) groups is 1. The molecular weight excluding hydrogens is 280 g/mol. The molecular formula is C14H24O5S. The molecule has 0 unspecified atom stereocenters. The van der Waals surface area contributed by atoms with Gasteiger partial charge in [0.05, 0.1) is 19.3 Å². The summed E-state index contributed by atoms with van der Waals surface area (Å²) in [4.78, 5) is 12.5. The zero-order valence-corrected chi connectivity index (χ0v) is 12.7. The maximum atomic E-state index is 11.5. The molecule has 0 aromatic carbocycles. The number of allylic oxidation sites excluding steroid dienone is 1. The van der Waals surface area contributed by atoms with Crippen LogP contribution in [0, 0.1) is 5.41 Å². The minimum atomic E-state index is -0.776. The fourth-order valence-corrected chi connectivity index (χ4v) is 2.80. The van der Waals surface area contributed by atoms with Crippen molar-refractivity contribution in [3.8, 4) is 0 Å². The molecule has 1 fully saturated rings. The van der Waals surface area contributed by atoms with Crippen LogP contribution in [-0.2, 0) is 9.53 Å². The highest BCUT2D eigenvalue weighted by atomic mass is 32.2. The zero-order valence-electron chi connectivity index (χ0n) is 11.9. The molecule has 0 spiro atoms. The first-order valence-electron chi connectivity index (χ1n) is 6.89. The van der Waals surface area contributed by atoms with E-state index in [0.717, 1.165) is 23.5 Å². The smallest absolute Gasteiger partial charge is 0.305 e. The molecule has 6 heteroatoms.